The van der Waals surface area contributed by atoms with Crippen molar-refractivity contribution in [1.82, 2.24) is 15.4 Å². The number of benzene rings is 1. The third-order valence-electron chi connectivity index (χ3n) is 2.29. The number of hydrogen-bond acceptors (Lipinski definition) is 3. The molecule has 0 unspecified atom stereocenters. The molecule has 0 saturated carbocycles. The molecule has 88 valence electrons. The molecule has 0 radical (unpaired) electrons. The fourth-order valence-corrected chi connectivity index (χ4v) is 2.08. The Morgan fingerprint density at radius 3 is 2.88 bits per heavy atom. The minimum absolute atomic E-state index is 0.00204. The molecular weight excluding hydrogens is 291 g/mol. The fraction of sp³-hybridized carbons (Fsp3) is 0.100. The van der Waals surface area contributed by atoms with Crippen LogP contribution < -0.4 is 5.73 Å². The van der Waals surface area contributed by atoms with Gasteiger partial charge in [0.15, 0.2) is 5.69 Å². The molecule has 1 heterocycles. The van der Waals surface area contributed by atoms with Gasteiger partial charge in [-0.3, -0.25) is 4.79 Å². The maximum Gasteiger partial charge on any atom is 0.271 e. The molecule has 7 heteroatoms. The molecule has 3 N–H and O–H groups in total. The molecule has 0 fully saturated rings. The van der Waals surface area contributed by atoms with E-state index in [9.17, 15) is 9.18 Å². The van der Waals surface area contributed by atoms with Gasteiger partial charge in [0.25, 0.3) is 5.91 Å². The molecule has 5 nitrogen and oxygen atoms in total. The number of amides is 1. The standard InChI is InChI=1S/C10H8BrFN4O/c11-4-6-5(2-1-3-7(6)12)8-9(10(13)17)15-16-14-8/h1-3H,4H2,(H2,13,17)(H,14,15,16). The summed E-state index contributed by atoms with van der Waals surface area (Å²) >= 11 is 3.19. The van der Waals surface area contributed by atoms with Crippen LogP contribution in [0, 0.1) is 5.82 Å². The Hall–Kier alpha value is -1.76. The molecule has 0 atom stereocenters. The maximum absolute atomic E-state index is 13.6. The molecule has 0 aliphatic heterocycles. The van der Waals surface area contributed by atoms with Gasteiger partial charge < -0.3 is 5.73 Å². The van der Waals surface area contributed by atoms with Gasteiger partial charge in [0.05, 0.1) is 0 Å². The van der Waals surface area contributed by atoms with Gasteiger partial charge in [-0.05, 0) is 6.07 Å². The largest absolute Gasteiger partial charge is 0.364 e. The van der Waals surface area contributed by atoms with Crippen LogP contribution in [-0.4, -0.2) is 21.3 Å². The van der Waals surface area contributed by atoms with E-state index in [2.05, 4.69) is 31.3 Å². The Bertz CT molecular complexity index is 569. The van der Waals surface area contributed by atoms with E-state index >= 15 is 0 Å². The van der Waals surface area contributed by atoms with Gasteiger partial charge in [0.2, 0.25) is 0 Å². The number of aromatic nitrogens is 3. The third kappa shape index (κ3) is 2.05. The van der Waals surface area contributed by atoms with Crippen molar-refractivity contribution in [3.05, 3.63) is 35.3 Å². The molecular formula is C10H8BrFN4O. The van der Waals surface area contributed by atoms with Crippen LogP contribution in [-0.2, 0) is 5.33 Å². The Morgan fingerprint density at radius 1 is 1.47 bits per heavy atom. The SMILES string of the molecule is NC(=O)c1n[nH]nc1-c1cccc(F)c1CBr. The summed E-state index contributed by atoms with van der Waals surface area (Å²) in [6.45, 7) is 0. The predicted octanol–water partition coefficient (Wildman–Crippen LogP) is 1.60. The summed E-state index contributed by atoms with van der Waals surface area (Å²) in [4.78, 5) is 11.1. The van der Waals surface area contributed by atoms with Crippen molar-refractivity contribution in [3.8, 4) is 11.3 Å². The second-order valence-corrected chi connectivity index (χ2v) is 3.85. The van der Waals surface area contributed by atoms with Crippen LogP contribution in [0.15, 0.2) is 18.2 Å². The first-order valence-electron chi connectivity index (χ1n) is 4.69. The van der Waals surface area contributed by atoms with Crippen LogP contribution in [0.4, 0.5) is 4.39 Å². The minimum atomic E-state index is -0.710. The quantitative estimate of drug-likeness (QED) is 0.844. The summed E-state index contributed by atoms with van der Waals surface area (Å²) in [6.07, 6.45) is 0. The fourth-order valence-electron chi connectivity index (χ4n) is 1.51. The van der Waals surface area contributed by atoms with Crippen LogP contribution in [0.2, 0.25) is 0 Å². The zero-order valence-electron chi connectivity index (χ0n) is 8.58. The van der Waals surface area contributed by atoms with E-state index in [1.165, 1.54) is 12.1 Å². The van der Waals surface area contributed by atoms with E-state index in [-0.39, 0.29) is 17.2 Å². The summed E-state index contributed by atoms with van der Waals surface area (Å²) in [7, 11) is 0. The zero-order chi connectivity index (χ0) is 12.4. The van der Waals surface area contributed by atoms with Crippen molar-refractivity contribution < 1.29 is 9.18 Å². The van der Waals surface area contributed by atoms with Crippen molar-refractivity contribution in [2.75, 3.05) is 0 Å². The average molecular weight is 299 g/mol. The van der Waals surface area contributed by atoms with Gasteiger partial charge in [0.1, 0.15) is 11.5 Å². The first-order valence-corrected chi connectivity index (χ1v) is 5.81. The molecule has 1 aromatic carbocycles. The molecule has 2 rings (SSSR count). The lowest BCUT2D eigenvalue weighted by atomic mass is 10.0. The minimum Gasteiger partial charge on any atom is -0.364 e. The average Bonchev–Trinajstić information content (AvgIpc) is 2.77. The maximum atomic E-state index is 13.6. The molecule has 1 amide bonds. The number of alkyl halides is 1. The van der Waals surface area contributed by atoms with Gasteiger partial charge in [-0.2, -0.15) is 15.4 Å². The van der Waals surface area contributed by atoms with E-state index in [1.54, 1.807) is 6.07 Å². The van der Waals surface area contributed by atoms with Crippen molar-refractivity contribution >= 4 is 21.8 Å². The van der Waals surface area contributed by atoms with Gasteiger partial charge in [0, 0.05) is 16.5 Å². The second-order valence-electron chi connectivity index (χ2n) is 3.28. The summed E-state index contributed by atoms with van der Waals surface area (Å²) in [5.41, 5.74) is 6.31. The Kier molecular flexibility index (Phi) is 3.19. The number of halogens is 2. The highest BCUT2D eigenvalue weighted by Gasteiger charge is 2.19. The molecule has 0 aliphatic rings. The number of primary amides is 1. The number of carbonyl (C=O) groups is 1. The Labute approximate surface area is 104 Å². The Morgan fingerprint density at radius 2 is 2.24 bits per heavy atom. The van der Waals surface area contributed by atoms with Crippen LogP contribution >= 0.6 is 15.9 Å². The summed E-state index contributed by atoms with van der Waals surface area (Å²) in [5.74, 6) is -1.09. The van der Waals surface area contributed by atoms with Crippen molar-refractivity contribution in [2.24, 2.45) is 5.73 Å². The summed E-state index contributed by atoms with van der Waals surface area (Å²) < 4.78 is 13.6. The highest BCUT2D eigenvalue weighted by Crippen LogP contribution is 2.27. The number of rotatable bonds is 3. The van der Waals surface area contributed by atoms with Crippen LogP contribution in [0.1, 0.15) is 16.1 Å². The van der Waals surface area contributed by atoms with Crippen molar-refractivity contribution in [1.29, 1.82) is 0 Å². The lowest BCUT2D eigenvalue weighted by molar-refractivity contribution is 0.0996. The van der Waals surface area contributed by atoms with E-state index < -0.39 is 5.91 Å². The third-order valence-corrected chi connectivity index (χ3v) is 2.85. The first-order chi connectivity index (χ1) is 8.15. The van der Waals surface area contributed by atoms with E-state index in [0.717, 1.165) is 0 Å². The normalized spacial score (nSPS) is 10.5. The number of carbonyl (C=O) groups excluding carboxylic acids is 1. The van der Waals surface area contributed by atoms with Gasteiger partial charge in [-0.1, -0.05) is 28.1 Å². The highest BCUT2D eigenvalue weighted by atomic mass is 79.9. The van der Waals surface area contributed by atoms with E-state index in [4.69, 9.17) is 5.73 Å². The van der Waals surface area contributed by atoms with Gasteiger partial charge in [-0.25, -0.2) is 4.39 Å². The van der Waals surface area contributed by atoms with Crippen LogP contribution in [0.25, 0.3) is 11.3 Å². The van der Waals surface area contributed by atoms with Crippen molar-refractivity contribution in [3.63, 3.8) is 0 Å². The number of H-pyrrole nitrogens is 1. The number of hydrogen-bond donors (Lipinski definition) is 2. The molecule has 1 aromatic heterocycles. The first kappa shape index (κ1) is 11.7. The van der Waals surface area contributed by atoms with Gasteiger partial charge in [-0.15, -0.1) is 0 Å². The molecule has 0 aliphatic carbocycles. The summed E-state index contributed by atoms with van der Waals surface area (Å²) in [5, 5.41) is 10.1. The second kappa shape index (κ2) is 4.62. The Balaban J connectivity index is 2.64. The monoisotopic (exact) mass is 298 g/mol. The lowest BCUT2D eigenvalue weighted by Gasteiger charge is -2.05. The lowest BCUT2D eigenvalue weighted by Crippen LogP contribution is -2.13. The van der Waals surface area contributed by atoms with E-state index in [1.807, 2.05) is 0 Å². The topological polar surface area (TPSA) is 84.7 Å². The number of nitrogens with zero attached hydrogens (tertiary/aromatic N) is 2. The van der Waals surface area contributed by atoms with E-state index in [0.29, 0.717) is 16.5 Å². The highest BCUT2D eigenvalue weighted by molar-refractivity contribution is 9.08. The zero-order valence-corrected chi connectivity index (χ0v) is 10.2. The smallest absolute Gasteiger partial charge is 0.271 e. The predicted molar refractivity (Wildman–Crippen MR) is 62.9 cm³/mol. The molecule has 17 heavy (non-hydrogen) atoms. The molecule has 0 bridgehead atoms. The van der Waals surface area contributed by atoms with Crippen molar-refractivity contribution in [2.45, 2.75) is 5.33 Å². The summed E-state index contributed by atoms with van der Waals surface area (Å²) in [6, 6.07) is 4.53. The molecule has 0 spiro atoms. The van der Waals surface area contributed by atoms with Gasteiger partial charge >= 0.3 is 0 Å². The number of aromatic amines is 1. The molecule has 0 saturated heterocycles. The molecule has 2 aromatic rings. The van der Waals surface area contributed by atoms with Crippen LogP contribution in [0.5, 0.6) is 0 Å². The van der Waals surface area contributed by atoms with Crippen LogP contribution in [0.3, 0.4) is 0 Å². The number of nitrogens with one attached hydrogen (secondary N) is 1. The number of nitrogens with two attached hydrogens (primary N) is 1.